The van der Waals surface area contributed by atoms with Crippen LogP contribution in [0, 0.1) is 18.6 Å². The summed E-state index contributed by atoms with van der Waals surface area (Å²) < 4.78 is 28.1. The molecule has 230 valence electrons. The minimum absolute atomic E-state index is 0.0168. The Balaban J connectivity index is 1.55. The summed E-state index contributed by atoms with van der Waals surface area (Å²) in [5.74, 6) is -2.06. The van der Waals surface area contributed by atoms with Gasteiger partial charge in [0.1, 0.15) is 11.6 Å². The molecule has 0 heterocycles. The van der Waals surface area contributed by atoms with Gasteiger partial charge >= 0.3 is 0 Å². The number of hydrogen-bond donors (Lipinski definition) is 3. The highest BCUT2D eigenvalue weighted by Gasteiger charge is 2.26. The first kappa shape index (κ1) is 32.3. The van der Waals surface area contributed by atoms with Crippen molar-refractivity contribution in [1.82, 2.24) is 15.5 Å². The fourth-order valence-corrected chi connectivity index (χ4v) is 5.96. The smallest absolute Gasteiger partial charge is 0.253 e. The monoisotopic (exact) mass is 591 g/mol. The van der Waals surface area contributed by atoms with Crippen molar-refractivity contribution < 1.29 is 23.5 Å². The molecule has 0 spiro atoms. The van der Waals surface area contributed by atoms with Crippen LogP contribution in [0.4, 0.5) is 8.78 Å². The molecule has 2 amide bonds. The van der Waals surface area contributed by atoms with Crippen molar-refractivity contribution in [3.05, 3.63) is 106 Å². The molecule has 3 N–H and O–H groups in total. The van der Waals surface area contributed by atoms with E-state index in [0.29, 0.717) is 24.2 Å². The van der Waals surface area contributed by atoms with Crippen LogP contribution in [-0.2, 0) is 12.8 Å². The highest BCUT2D eigenvalue weighted by molar-refractivity contribution is 6.00. The molecule has 43 heavy (non-hydrogen) atoms. The third kappa shape index (κ3) is 8.71. The van der Waals surface area contributed by atoms with Gasteiger partial charge in [-0.3, -0.25) is 9.59 Å². The zero-order chi connectivity index (χ0) is 30.9. The lowest BCUT2D eigenvalue weighted by molar-refractivity contribution is 0.0755. The van der Waals surface area contributed by atoms with Gasteiger partial charge in [0.2, 0.25) is 0 Å². The second-order valence-electron chi connectivity index (χ2n) is 11.6. The Labute approximate surface area is 253 Å². The van der Waals surface area contributed by atoms with Crippen LogP contribution in [0.2, 0.25) is 0 Å². The lowest BCUT2D eigenvalue weighted by Crippen LogP contribution is -2.49. The van der Waals surface area contributed by atoms with Crippen LogP contribution in [0.3, 0.4) is 0 Å². The first-order valence-corrected chi connectivity index (χ1v) is 15.3. The maximum Gasteiger partial charge on any atom is 0.253 e. The van der Waals surface area contributed by atoms with E-state index in [1.807, 2.05) is 32.9 Å². The lowest BCUT2D eigenvalue weighted by atomic mass is 9.87. The van der Waals surface area contributed by atoms with E-state index in [1.165, 1.54) is 23.3 Å². The number of rotatable bonds is 13. The summed E-state index contributed by atoms with van der Waals surface area (Å²) in [5, 5.41) is 17.7. The van der Waals surface area contributed by atoms with E-state index in [2.05, 4.69) is 22.8 Å². The molecule has 1 aliphatic carbocycles. The summed E-state index contributed by atoms with van der Waals surface area (Å²) in [7, 11) is 0. The van der Waals surface area contributed by atoms with Crippen molar-refractivity contribution in [1.29, 1.82) is 0 Å². The van der Waals surface area contributed by atoms with Gasteiger partial charge in [-0.15, -0.1) is 0 Å². The van der Waals surface area contributed by atoms with Crippen molar-refractivity contribution in [2.75, 3.05) is 19.6 Å². The number of nitrogens with zero attached hydrogens (tertiary/aromatic N) is 1. The minimum Gasteiger partial charge on any atom is -0.390 e. The quantitative estimate of drug-likeness (QED) is 0.231. The van der Waals surface area contributed by atoms with Gasteiger partial charge in [-0.2, -0.15) is 0 Å². The van der Waals surface area contributed by atoms with Gasteiger partial charge in [0.25, 0.3) is 11.8 Å². The van der Waals surface area contributed by atoms with Crippen LogP contribution in [0.15, 0.2) is 60.7 Å². The minimum atomic E-state index is -1.06. The van der Waals surface area contributed by atoms with Crippen LogP contribution in [0.5, 0.6) is 0 Å². The number of carbonyl (C=O) groups is 2. The number of carbonyl (C=O) groups excluding carboxylic acids is 2. The molecule has 0 saturated heterocycles. The summed E-state index contributed by atoms with van der Waals surface area (Å²) in [4.78, 5) is 28.7. The number of halogens is 2. The Bertz CT molecular complexity index is 1390. The molecule has 3 atom stereocenters. The number of aliphatic hydroxyl groups excluding tert-OH is 1. The Morgan fingerprint density at radius 1 is 0.977 bits per heavy atom. The Kier molecular flexibility index (Phi) is 11.4. The largest absolute Gasteiger partial charge is 0.390 e. The van der Waals surface area contributed by atoms with Gasteiger partial charge in [0.15, 0.2) is 0 Å². The molecule has 0 unspecified atom stereocenters. The third-order valence-corrected chi connectivity index (χ3v) is 7.96. The van der Waals surface area contributed by atoms with Crippen molar-refractivity contribution in [2.45, 2.75) is 77.5 Å². The molecule has 4 rings (SSSR count). The molecule has 0 aliphatic heterocycles. The highest BCUT2D eigenvalue weighted by Crippen LogP contribution is 2.29. The maximum atomic E-state index is 14.0. The van der Waals surface area contributed by atoms with Crippen molar-refractivity contribution in [2.24, 2.45) is 0 Å². The second-order valence-corrected chi connectivity index (χ2v) is 11.6. The molecule has 8 heteroatoms. The van der Waals surface area contributed by atoms with E-state index in [-0.39, 0.29) is 30.5 Å². The van der Waals surface area contributed by atoms with E-state index in [0.717, 1.165) is 43.7 Å². The van der Waals surface area contributed by atoms with Gasteiger partial charge in [-0.1, -0.05) is 38.1 Å². The Morgan fingerprint density at radius 3 is 2.35 bits per heavy atom. The average Bonchev–Trinajstić information content (AvgIpc) is 2.98. The summed E-state index contributed by atoms with van der Waals surface area (Å²) in [6, 6.07) is 15.7. The number of aliphatic hydroxyl groups is 1. The van der Waals surface area contributed by atoms with E-state index in [4.69, 9.17) is 0 Å². The SMILES string of the molecule is CCCN(CCC)C(=O)c1cc(C)cc(C(=O)N[C@@H](Cc2cc(F)cc(F)c2)[C@H](O)CN[C@@H]2CCCc3ccccc32)c1. The number of aryl methyl sites for hydroxylation is 2. The van der Waals surface area contributed by atoms with Crippen LogP contribution < -0.4 is 10.6 Å². The molecular weight excluding hydrogens is 548 g/mol. The van der Waals surface area contributed by atoms with Crippen molar-refractivity contribution >= 4 is 11.8 Å². The van der Waals surface area contributed by atoms with Gasteiger partial charge in [0, 0.05) is 42.9 Å². The average molecular weight is 592 g/mol. The lowest BCUT2D eigenvalue weighted by Gasteiger charge is -2.30. The van der Waals surface area contributed by atoms with E-state index >= 15 is 0 Å². The number of amides is 2. The Morgan fingerprint density at radius 2 is 1.65 bits per heavy atom. The molecule has 0 radical (unpaired) electrons. The molecule has 3 aromatic carbocycles. The molecule has 0 saturated carbocycles. The highest BCUT2D eigenvalue weighted by atomic mass is 19.1. The molecule has 1 aliphatic rings. The molecule has 0 aromatic heterocycles. The summed E-state index contributed by atoms with van der Waals surface area (Å²) >= 11 is 0. The molecule has 0 fully saturated rings. The van der Waals surface area contributed by atoms with Crippen LogP contribution in [-0.4, -0.2) is 53.6 Å². The van der Waals surface area contributed by atoms with E-state index in [1.54, 1.807) is 23.1 Å². The first-order valence-electron chi connectivity index (χ1n) is 15.3. The zero-order valence-corrected chi connectivity index (χ0v) is 25.3. The van der Waals surface area contributed by atoms with Gasteiger partial charge < -0.3 is 20.6 Å². The summed E-state index contributed by atoms with van der Waals surface area (Å²) in [6.07, 6.45) is 3.56. The fraction of sp³-hybridized carbons (Fsp3) is 0.429. The molecule has 6 nitrogen and oxygen atoms in total. The van der Waals surface area contributed by atoms with Gasteiger partial charge in [-0.05, 0) is 98.0 Å². The standard InChI is InChI=1S/C35H43F2N3O3/c1-4-13-40(14-5-2)35(43)27-16-23(3)15-26(20-27)34(42)39-32(19-24-17-28(36)21-29(37)18-24)33(41)22-38-31-12-8-10-25-9-6-7-11-30(25)31/h6-7,9,11,15-18,20-21,31-33,38,41H,4-5,8,10,12-14,19,22H2,1-3H3,(H,39,42)/t31-,32+,33-/m1/s1. The third-order valence-electron chi connectivity index (χ3n) is 7.96. The number of nitrogens with one attached hydrogen (secondary N) is 2. The predicted octanol–water partition coefficient (Wildman–Crippen LogP) is 5.90. The fourth-order valence-electron chi connectivity index (χ4n) is 5.96. The van der Waals surface area contributed by atoms with Crippen molar-refractivity contribution in [3.8, 4) is 0 Å². The van der Waals surface area contributed by atoms with Crippen molar-refractivity contribution in [3.63, 3.8) is 0 Å². The normalized spacial score (nSPS) is 15.8. The summed E-state index contributed by atoms with van der Waals surface area (Å²) in [6.45, 7) is 7.28. The topological polar surface area (TPSA) is 81.7 Å². The van der Waals surface area contributed by atoms with Crippen LogP contribution in [0.25, 0.3) is 0 Å². The number of benzene rings is 3. The predicted molar refractivity (Wildman–Crippen MR) is 165 cm³/mol. The number of fused-ring (bicyclic) bond motifs is 1. The van der Waals surface area contributed by atoms with E-state index in [9.17, 15) is 23.5 Å². The second kappa shape index (κ2) is 15.2. The zero-order valence-electron chi connectivity index (χ0n) is 25.3. The molecular formula is C35H43F2N3O3. The summed E-state index contributed by atoms with van der Waals surface area (Å²) in [5.41, 5.74) is 4.26. The first-order chi connectivity index (χ1) is 20.7. The molecule has 3 aromatic rings. The molecule has 0 bridgehead atoms. The number of hydrogen-bond acceptors (Lipinski definition) is 4. The van der Waals surface area contributed by atoms with E-state index < -0.39 is 29.7 Å². The van der Waals surface area contributed by atoms with Gasteiger partial charge in [0.05, 0.1) is 12.1 Å². The van der Waals surface area contributed by atoms with Crippen LogP contribution >= 0.6 is 0 Å². The van der Waals surface area contributed by atoms with Crippen LogP contribution in [0.1, 0.15) is 88.5 Å². The van der Waals surface area contributed by atoms with Gasteiger partial charge in [-0.25, -0.2) is 8.78 Å². The Hall–Kier alpha value is -3.62. The maximum absolute atomic E-state index is 14.0.